The predicted octanol–water partition coefficient (Wildman–Crippen LogP) is 1.71. The zero-order valence-electron chi connectivity index (χ0n) is 12.3. The molecule has 2 bridgehead atoms. The summed E-state index contributed by atoms with van der Waals surface area (Å²) in [6.07, 6.45) is 4.83. The van der Waals surface area contributed by atoms with Gasteiger partial charge in [-0.05, 0) is 38.0 Å². The van der Waals surface area contributed by atoms with E-state index in [-0.39, 0.29) is 17.9 Å². The van der Waals surface area contributed by atoms with E-state index in [0.717, 1.165) is 12.3 Å². The zero-order valence-corrected chi connectivity index (χ0v) is 12.3. The third kappa shape index (κ3) is 2.25. The first-order chi connectivity index (χ1) is 10.2. The van der Waals surface area contributed by atoms with Crippen LogP contribution in [0.3, 0.4) is 0 Å². The van der Waals surface area contributed by atoms with E-state index in [1.54, 1.807) is 6.92 Å². The Hall–Kier alpha value is -1.43. The second kappa shape index (κ2) is 5.09. The smallest absolute Gasteiger partial charge is 0.251 e. The Kier molecular flexibility index (Phi) is 3.21. The molecule has 3 fully saturated rings. The summed E-state index contributed by atoms with van der Waals surface area (Å²) in [7, 11) is 0. The lowest BCUT2D eigenvalue weighted by Gasteiger charge is -2.36. The summed E-state index contributed by atoms with van der Waals surface area (Å²) in [6, 6.07) is -0.216. The van der Waals surface area contributed by atoms with Crippen LogP contribution in [0.2, 0.25) is 0 Å². The molecule has 0 unspecified atom stereocenters. The molecule has 1 aromatic rings. The minimum Gasteiger partial charge on any atom is -0.377 e. The molecule has 3 aliphatic rings. The SMILES string of the molecule is Cc1noc([C@H]2COCCN2C(=O)[C@H]2C[C@H]3CC[C@H]2C3)n1. The van der Waals surface area contributed by atoms with Gasteiger partial charge >= 0.3 is 0 Å². The van der Waals surface area contributed by atoms with Crippen LogP contribution in [-0.2, 0) is 9.53 Å². The number of carbonyl (C=O) groups excluding carboxylic acids is 1. The average molecular weight is 291 g/mol. The van der Waals surface area contributed by atoms with Gasteiger partial charge in [0.15, 0.2) is 5.82 Å². The van der Waals surface area contributed by atoms with Crippen LogP contribution in [0, 0.1) is 24.7 Å². The van der Waals surface area contributed by atoms with E-state index in [1.165, 1.54) is 19.3 Å². The highest BCUT2D eigenvalue weighted by Gasteiger charge is 2.46. The Labute approximate surface area is 123 Å². The van der Waals surface area contributed by atoms with Crippen LogP contribution in [0.5, 0.6) is 0 Å². The second-order valence-corrected chi connectivity index (χ2v) is 6.58. The molecule has 4 rings (SSSR count). The molecule has 0 aromatic carbocycles. The lowest BCUT2D eigenvalue weighted by Crippen LogP contribution is -2.47. The summed E-state index contributed by atoms with van der Waals surface area (Å²) in [5.74, 6) is 2.94. The van der Waals surface area contributed by atoms with E-state index in [2.05, 4.69) is 10.1 Å². The maximum Gasteiger partial charge on any atom is 0.251 e. The lowest BCUT2D eigenvalue weighted by molar-refractivity contribution is -0.147. The fourth-order valence-corrected chi connectivity index (χ4v) is 4.28. The quantitative estimate of drug-likeness (QED) is 0.830. The number of nitrogens with zero attached hydrogens (tertiary/aromatic N) is 3. The number of hydrogen-bond acceptors (Lipinski definition) is 5. The molecule has 2 aliphatic carbocycles. The fourth-order valence-electron chi connectivity index (χ4n) is 4.28. The van der Waals surface area contributed by atoms with Gasteiger partial charge in [0.25, 0.3) is 5.89 Å². The van der Waals surface area contributed by atoms with E-state index in [9.17, 15) is 4.79 Å². The number of morpholine rings is 1. The van der Waals surface area contributed by atoms with Crippen LogP contribution < -0.4 is 0 Å². The molecular formula is C15H21N3O3. The predicted molar refractivity (Wildman–Crippen MR) is 73.2 cm³/mol. The maximum absolute atomic E-state index is 13.0. The van der Waals surface area contributed by atoms with Crippen molar-refractivity contribution >= 4 is 5.91 Å². The van der Waals surface area contributed by atoms with E-state index in [4.69, 9.17) is 9.26 Å². The van der Waals surface area contributed by atoms with Crippen molar-refractivity contribution in [2.75, 3.05) is 19.8 Å². The second-order valence-electron chi connectivity index (χ2n) is 6.58. The highest BCUT2D eigenvalue weighted by atomic mass is 16.5. The fraction of sp³-hybridized carbons (Fsp3) is 0.800. The number of aryl methyl sites for hydroxylation is 1. The van der Waals surface area contributed by atoms with Gasteiger partial charge in [-0.3, -0.25) is 4.79 Å². The van der Waals surface area contributed by atoms with Crippen molar-refractivity contribution in [1.82, 2.24) is 15.0 Å². The van der Waals surface area contributed by atoms with Gasteiger partial charge in [-0.15, -0.1) is 0 Å². The Bertz CT molecular complexity index is 544. The van der Waals surface area contributed by atoms with Crippen LogP contribution in [0.4, 0.5) is 0 Å². The van der Waals surface area contributed by atoms with Crippen molar-refractivity contribution in [2.24, 2.45) is 17.8 Å². The standard InChI is InChI=1S/C15H21N3O3/c1-9-16-14(21-17-9)13-8-20-5-4-18(13)15(19)12-7-10-2-3-11(12)6-10/h10-13H,2-8H2,1H3/t10-,11-,12-,13+/m0/s1. The molecule has 114 valence electrons. The highest BCUT2D eigenvalue weighted by Crippen LogP contribution is 2.49. The van der Waals surface area contributed by atoms with Crippen molar-refractivity contribution in [3.05, 3.63) is 11.7 Å². The summed E-state index contributed by atoms with van der Waals surface area (Å²) < 4.78 is 10.8. The van der Waals surface area contributed by atoms with Crippen LogP contribution in [0.15, 0.2) is 4.52 Å². The Balaban J connectivity index is 1.55. The number of rotatable bonds is 2. The first-order valence-corrected chi connectivity index (χ1v) is 7.91. The maximum atomic E-state index is 13.0. The summed E-state index contributed by atoms with van der Waals surface area (Å²) in [5.41, 5.74) is 0. The zero-order chi connectivity index (χ0) is 14.4. The molecule has 2 saturated carbocycles. The van der Waals surface area contributed by atoms with Crippen molar-refractivity contribution in [3.63, 3.8) is 0 Å². The minimum atomic E-state index is -0.216. The number of ether oxygens (including phenoxy) is 1. The van der Waals surface area contributed by atoms with Gasteiger partial charge in [-0.2, -0.15) is 4.98 Å². The van der Waals surface area contributed by atoms with Crippen LogP contribution >= 0.6 is 0 Å². The number of amides is 1. The van der Waals surface area contributed by atoms with Crippen LogP contribution in [0.25, 0.3) is 0 Å². The van der Waals surface area contributed by atoms with Gasteiger partial charge in [-0.25, -0.2) is 0 Å². The normalized spacial score (nSPS) is 35.4. The van der Waals surface area contributed by atoms with Gasteiger partial charge in [-0.1, -0.05) is 11.6 Å². The molecule has 6 heteroatoms. The number of fused-ring (bicyclic) bond motifs is 2. The van der Waals surface area contributed by atoms with Crippen LogP contribution in [-0.4, -0.2) is 40.7 Å². The summed E-state index contributed by atoms with van der Waals surface area (Å²) in [4.78, 5) is 19.2. The molecule has 0 radical (unpaired) electrons. The van der Waals surface area contributed by atoms with Gasteiger partial charge in [0.2, 0.25) is 5.91 Å². The molecule has 0 spiro atoms. The van der Waals surface area contributed by atoms with Crippen molar-refractivity contribution in [3.8, 4) is 0 Å². The Morgan fingerprint density at radius 1 is 1.33 bits per heavy atom. The third-order valence-corrected chi connectivity index (χ3v) is 5.30. The van der Waals surface area contributed by atoms with Gasteiger partial charge in [0.05, 0.1) is 13.2 Å². The number of aromatic nitrogens is 2. The van der Waals surface area contributed by atoms with E-state index in [1.807, 2.05) is 4.90 Å². The third-order valence-electron chi connectivity index (χ3n) is 5.30. The minimum absolute atomic E-state index is 0.202. The van der Waals surface area contributed by atoms with Crippen molar-refractivity contribution in [2.45, 2.75) is 38.6 Å². The van der Waals surface area contributed by atoms with E-state index < -0.39 is 0 Å². The Morgan fingerprint density at radius 3 is 2.90 bits per heavy atom. The Morgan fingerprint density at radius 2 is 2.24 bits per heavy atom. The van der Waals surface area contributed by atoms with Crippen molar-refractivity contribution < 1.29 is 14.1 Å². The van der Waals surface area contributed by atoms with Crippen molar-refractivity contribution in [1.29, 1.82) is 0 Å². The summed E-state index contributed by atoms with van der Waals surface area (Å²) >= 11 is 0. The first kappa shape index (κ1) is 13.2. The first-order valence-electron chi connectivity index (χ1n) is 7.91. The summed E-state index contributed by atoms with van der Waals surface area (Å²) in [6.45, 7) is 3.46. The van der Waals surface area contributed by atoms with Gasteiger partial charge in [0.1, 0.15) is 6.04 Å². The molecule has 4 atom stereocenters. The van der Waals surface area contributed by atoms with Crippen LogP contribution in [0.1, 0.15) is 43.4 Å². The lowest BCUT2D eigenvalue weighted by atomic mass is 9.87. The van der Waals surface area contributed by atoms with Gasteiger partial charge in [0, 0.05) is 12.5 Å². The molecule has 21 heavy (non-hydrogen) atoms. The topological polar surface area (TPSA) is 68.5 Å². The molecule has 0 N–H and O–H groups in total. The van der Waals surface area contributed by atoms with Gasteiger partial charge < -0.3 is 14.2 Å². The largest absolute Gasteiger partial charge is 0.377 e. The molecule has 2 heterocycles. The monoisotopic (exact) mass is 291 g/mol. The molecular weight excluding hydrogens is 270 g/mol. The molecule has 6 nitrogen and oxygen atoms in total. The van der Waals surface area contributed by atoms with E-state index in [0.29, 0.717) is 37.4 Å². The highest BCUT2D eigenvalue weighted by molar-refractivity contribution is 5.80. The number of hydrogen-bond donors (Lipinski definition) is 0. The van der Waals surface area contributed by atoms with E-state index >= 15 is 0 Å². The average Bonchev–Trinajstić information content (AvgIpc) is 3.22. The molecule has 1 amide bonds. The molecule has 1 saturated heterocycles. The summed E-state index contributed by atoms with van der Waals surface area (Å²) in [5, 5.41) is 3.84. The molecule has 1 aliphatic heterocycles. The molecule has 1 aromatic heterocycles. The number of carbonyl (C=O) groups is 1.